The molecule has 0 saturated carbocycles. The van der Waals surface area contributed by atoms with Crippen LogP contribution in [-0.2, 0) is 16.1 Å². The number of aryl methyl sites for hydroxylation is 2. The molecule has 0 bridgehead atoms. The Hall–Kier alpha value is -2.40. The van der Waals surface area contributed by atoms with Gasteiger partial charge in [-0.3, -0.25) is 4.79 Å². The lowest BCUT2D eigenvalue weighted by atomic mass is 10.1. The molecule has 2 aromatic rings. The fraction of sp³-hybridized carbons (Fsp3) is 0.368. The van der Waals surface area contributed by atoms with Crippen LogP contribution >= 0.6 is 0 Å². The van der Waals surface area contributed by atoms with E-state index in [-0.39, 0.29) is 11.8 Å². The second-order valence-electron chi connectivity index (χ2n) is 6.13. The van der Waals surface area contributed by atoms with E-state index in [1.54, 1.807) is 6.20 Å². The lowest BCUT2D eigenvalue weighted by molar-refractivity contribution is -0.125. The average molecular weight is 326 g/mol. The summed E-state index contributed by atoms with van der Waals surface area (Å²) >= 11 is 0. The van der Waals surface area contributed by atoms with Gasteiger partial charge in [-0.05, 0) is 55.2 Å². The number of carbonyl (C=O) groups is 1. The number of benzene rings is 1. The number of aromatic nitrogens is 1. The van der Waals surface area contributed by atoms with Crippen LogP contribution in [0.2, 0.25) is 0 Å². The Bertz CT molecular complexity index is 724. The second kappa shape index (κ2) is 7.45. The molecule has 0 aliphatic carbocycles. The third-order valence-corrected chi connectivity index (χ3v) is 4.27. The number of carbonyl (C=O) groups excluding carboxylic acids is 1. The van der Waals surface area contributed by atoms with E-state index in [1.165, 1.54) is 11.1 Å². The van der Waals surface area contributed by atoms with Crippen LogP contribution in [0.15, 0.2) is 36.5 Å². The van der Waals surface area contributed by atoms with Crippen LogP contribution in [0.1, 0.15) is 23.1 Å². The molecule has 1 amide bonds. The molecule has 1 N–H and O–H groups in total. The number of pyridine rings is 1. The van der Waals surface area contributed by atoms with Crippen molar-refractivity contribution in [3.05, 3.63) is 53.2 Å². The number of nitrogens with zero attached hydrogens (tertiary/aromatic N) is 1. The van der Waals surface area contributed by atoms with E-state index >= 15 is 0 Å². The zero-order valence-electron chi connectivity index (χ0n) is 14.0. The van der Waals surface area contributed by atoms with Gasteiger partial charge in [0.05, 0.1) is 12.5 Å². The Morgan fingerprint density at radius 2 is 2.17 bits per heavy atom. The van der Waals surface area contributed by atoms with Gasteiger partial charge in [0.1, 0.15) is 5.75 Å². The number of nitrogens with one attached hydrogen (secondary N) is 1. The van der Waals surface area contributed by atoms with E-state index in [1.807, 2.05) is 37.3 Å². The third-order valence-electron chi connectivity index (χ3n) is 4.27. The first kappa shape index (κ1) is 16.5. The Morgan fingerprint density at radius 3 is 2.92 bits per heavy atom. The van der Waals surface area contributed by atoms with Gasteiger partial charge in [0.2, 0.25) is 11.8 Å². The van der Waals surface area contributed by atoms with Crippen molar-refractivity contribution >= 4 is 5.91 Å². The summed E-state index contributed by atoms with van der Waals surface area (Å²) in [6.45, 7) is 5.76. The van der Waals surface area contributed by atoms with Gasteiger partial charge >= 0.3 is 0 Å². The molecular weight excluding hydrogens is 304 g/mol. The van der Waals surface area contributed by atoms with E-state index in [9.17, 15) is 4.79 Å². The molecule has 1 fully saturated rings. The monoisotopic (exact) mass is 326 g/mol. The van der Waals surface area contributed by atoms with Crippen LogP contribution in [0.4, 0.5) is 0 Å². The topological polar surface area (TPSA) is 60.5 Å². The van der Waals surface area contributed by atoms with E-state index in [4.69, 9.17) is 9.47 Å². The number of ether oxygens (including phenoxy) is 2. The van der Waals surface area contributed by atoms with Crippen LogP contribution in [0.3, 0.4) is 0 Å². The molecule has 0 spiro atoms. The summed E-state index contributed by atoms with van der Waals surface area (Å²) < 4.78 is 11.1. The summed E-state index contributed by atoms with van der Waals surface area (Å²) in [5, 5.41) is 2.95. The van der Waals surface area contributed by atoms with Gasteiger partial charge in [0.25, 0.3) is 0 Å². The molecule has 126 valence electrons. The van der Waals surface area contributed by atoms with Gasteiger partial charge < -0.3 is 14.8 Å². The van der Waals surface area contributed by atoms with Crippen molar-refractivity contribution in [3.8, 4) is 11.6 Å². The quantitative estimate of drug-likeness (QED) is 0.917. The summed E-state index contributed by atoms with van der Waals surface area (Å²) in [7, 11) is 0. The molecule has 5 heteroatoms. The van der Waals surface area contributed by atoms with Gasteiger partial charge in [-0.2, -0.15) is 0 Å². The van der Waals surface area contributed by atoms with Crippen LogP contribution in [0, 0.1) is 19.8 Å². The van der Waals surface area contributed by atoms with Crippen molar-refractivity contribution in [1.29, 1.82) is 0 Å². The predicted molar refractivity (Wildman–Crippen MR) is 91.0 cm³/mol. The minimum atomic E-state index is -0.0295. The van der Waals surface area contributed by atoms with Crippen molar-refractivity contribution in [2.24, 2.45) is 5.92 Å². The lowest BCUT2D eigenvalue weighted by Gasteiger charge is -2.11. The highest BCUT2D eigenvalue weighted by Gasteiger charge is 2.22. The lowest BCUT2D eigenvalue weighted by Crippen LogP contribution is -2.30. The third kappa shape index (κ3) is 4.11. The first-order chi connectivity index (χ1) is 11.6. The number of hydrogen-bond acceptors (Lipinski definition) is 4. The van der Waals surface area contributed by atoms with E-state index in [0.29, 0.717) is 25.6 Å². The molecule has 5 nitrogen and oxygen atoms in total. The zero-order chi connectivity index (χ0) is 16.9. The molecule has 1 aliphatic rings. The van der Waals surface area contributed by atoms with Crippen LogP contribution in [-0.4, -0.2) is 24.1 Å². The van der Waals surface area contributed by atoms with Gasteiger partial charge in [0.15, 0.2) is 0 Å². The Morgan fingerprint density at radius 1 is 1.29 bits per heavy atom. The van der Waals surface area contributed by atoms with Gasteiger partial charge in [-0.25, -0.2) is 4.98 Å². The fourth-order valence-corrected chi connectivity index (χ4v) is 2.59. The number of hydrogen-bond donors (Lipinski definition) is 1. The molecule has 1 atom stereocenters. The molecule has 1 unspecified atom stereocenters. The fourth-order valence-electron chi connectivity index (χ4n) is 2.59. The molecule has 1 aromatic heterocycles. The van der Waals surface area contributed by atoms with Gasteiger partial charge in [0, 0.05) is 25.4 Å². The standard InChI is InChI=1S/C19H22N2O3/c1-13-3-4-17(9-14(13)2)24-18-10-15(5-7-20-18)11-21-19(22)16-6-8-23-12-16/h3-5,7,9-10,16H,6,8,11-12H2,1-2H3,(H,21,22). The minimum absolute atomic E-state index is 0.0295. The maximum absolute atomic E-state index is 12.0. The molecule has 1 aliphatic heterocycles. The SMILES string of the molecule is Cc1ccc(Oc2cc(CNC(=O)C3CCOC3)ccn2)cc1C. The first-order valence-corrected chi connectivity index (χ1v) is 8.17. The Balaban J connectivity index is 1.61. The summed E-state index contributed by atoms with van der Waals surface area (Å²) in [4.78, 5) is 16.3. The molecule has 2 heterocycles. The summed E-state index contributed by atoms with van der Waals surface area (Å²) in [5.41, 5.74) is 3.36. The summed E-state index contributed by atoms with van der Waals surface area (Å²) in [6, 6.07) is 9.67. The van der Waals surface area contributed by atoms with Crippen LogP contribution < -0.4 is 10.1 Å². The molecule has 1 saturated heterocycles. The predicted octanol–water partition coefficient (Wildman–Crippen LogP) is 3.14. The molecule has 24 heavy (non-hydrogen) atoms. The van der Waals surface area contributed by atoms with Crippen LogP contribution in [0.5, 0.6) is 11.6 Å². The van der Waals surface area contributed by atoms with Gasteiger partial charge in [-0.1, -0.05) is 6.07 Å². The summed E-state index contributed by atoms with van der Waals surface area (Å²) in [5.74, 6) is 1.29. The highest BCUT2D eigenvalue weighted by Crippen LogP contribution is 2.22. The summed E-state index contributed by atoms with van der Waals surface area (Å²) in [6.07, 6.45) is 2.49. The zero-order valence-corrected chi connectivity index (χ0v) is 14.0. The highest BCUT2D eigenvalue weighted by molar-refractivity contribution is 5.78. The van der Waals surface area contributed by atoms with E-state index in [0.717, 1.165) is 17.7 Å². The Kier molecular flexibility index (Phi) is 5.11. The molecular formula is C19H22N2O3. The molecule has 1 aromatic carbocycles. The smallest absolute Gasteiger partial charge is 0.225 e. The second-order valence-corrected chi connectivity index (χ2v) is 6.13. The molecule has 3 rings (SSSR count). The first-order valence-electron chi connectivity index (χ1n) is 8.17. The van der Waals surface area contributed by atoms with Gasteiger partial charge in [-0.15, -0.1) is 0 Å². The average Bonchev–Trinajstić information content (AvgIpc) is 3.11. The van der Waals surface area contributed by atoms with E-state index < -0.39 is 0 Å². The van der Waals surface area contributed by atoms with Crippen molar-refractivity contribution in [2.45, 2.75) is 26.8 Å². The molecule has 0 radical (unpaired) electrons. The van der Waals surface area contributed by atoms with Crippen LogP contribution in [0.25, 0.3) is 0 Å². The minimum Gasteiger partial charge on any atom is -0.439 e. The highest BCUT2D eigenvalue weighted by atomic mass is 16.5. The normalized spacial score (nSPS) is 16.8. The van der Waals surface area contributed by atoms with Crippen molar-refractivity contribution in [1.82, 2.24) is 10.3 Å². The van der Waals surface area contributed by atoms with Crippen molar-refractivity contribution < 1.29 is 14.3 Å². The maximum atomic E-state index is 12.0. The van der Waals surface area contributed by atoms with Crippen molar-refractivity contribution in [2.75, 3.05) is 13.2 Å². The largest absolute Gasteiger partial charge is 0.439 e. The van der Waals surface area contributed by atoms with Crippen molar-refractivity contribution in [3.63, 3.8) is 0 Å². The maximum Gasteiger partial charge on any atom is 0.225 e. The van der Waals surface area contributed by atoms with E-state index in [2.05, 4.69) is 17.2 Å². The number of rotatable bonds is 5. The number of amides is 1. The Labute approximate surface area is 142 Å².